The van der Waals surface area contributed by atoms with Gasteiger partial charge in [-0.15, -0.1) is 0 Å². The van der Waals surface area contributed by atoms with Gasteiger partial charge in [0.2, 0.25) is 0 Å². The quantitative estimate of drug-likeness (QED) is 0.809. The van der Waals surface area contributed by atoms with Gasteiger partial charge < -0.3 is 10.1 Å². The van der Waals surface area contributed by atoms with Crippen LogP contribution in [0.1, 0.15) is 19.8 Å². The Morgan fingerprint density at radius 3 is 2.85 bits per heavy atom. The summed E-state index contributed by atoms with van der Waals surface area (Å²) in [4.78, 5) is 11.7. The molecule has 1 aliphatic carbocycles. The minimum atomic E-state index is -0.179. The fraction of sp³-hybridized carbons (Fsp3) is 0.333. The number of nitrogens with one attached hydrogen (secondary N) is 2. The van der Waals surface area contributed by atoms with E-state index in [4.69, 9.17) is 4.74 Å². The first-order chi connectivity index (χ1) is 9.69. The van der Waals surface area contributed by atoms with E-state index in [-0.39, 0.29) is 12.5 Å². The third-order valence-corrected chi connectivity index (χ3v) is 3.06. The van der Waals surface area contributed by atoms with Gasteiger partial charge in [-0.3, -0.25) is 4.79 Å². The van der Waals surface area contributed by atoms with E-state index in [1.807, 2.05) is 30.3 Å². The third-order valence-electron chi connectivity index (χ3n) is 3.06. The van der Waals surface area contributed by atoms with Gasteiger partial charge in [-0.2, -0.15) is 5.10 Å². The average molecular weight is 273 g/mol. The number of hydrazone groups is 1. The first kappa shape index (κ1) is 14.1. The van der Waals surface area contributed by atoms with Crippen LogP contribution in [0.5, 0.6) is 5.75 Å². The molecule has 2 rings (SSSR count). The van der Waals surface area contributed by atoms with Crippen molar-refractivity contribution in [3.05, 3.63) is 35.9 Å². The average Bonchev–Trinajstić information content (AvgIpc) is 2.89. The number of ether oxygens (including phenoxy) is 1. The zero-order valence-corrected chi connectivity index (χ0v) is 11.8. The Balaban J connectivity index is 1.83. The molecule has 0 fully saturated rings. The Morgan fingerprint density at radius 1 is 1.35 bits per heavy atom. The molecule has 1 amide bonds. The number of hydrogen-bond acceptors (Lipinski definition) is 4. The molecule has 0 saturated heterocycles. The van der Waals surface area contributed by atoms with Crippen LogP contribution in [-0.2, 0) is 4.79 Å². The van der Waals surface area contributed by atoms with Crippen LogP contribution in [0.15, 0.2) is 41.0 Å². The molecule has 0 saturated carbocycles. The Labute approximate surface area is 118 Å². The van der Waals surface area contributed by atoms with Gasteiger partial charge in [-0.25, -0.2) is 5.43 Å². The van der Waals surface area contributed by atoms with E-state index < -0.39 is 0 Å². The summed E-state index contributed by atoms with van der Waals surface area (Å²) in [5.74, 6) is 0.530. The van der Waals surface area contributed by atoms with E-state index in [1.54, 1.807) is 7.11 Å². The highest BCUT2D eigenvalue weighted by atomic mass is 16.5. The van der Waals surface area contributed by atoms with E-state index in [1.165, 1.54) is 5.57 Å². The zero-order valence-electron chi connectivity index (χ0n) is 11.8. The van der Waals surface area contributed by atoms with Crippen molar-refractivity contribution >= 4 is 17.3 Å². The molecule has 0 aromatic heterocycles. The summed E-state index contributed by atoms with van der Waals surface area (Å²) in [7, 11) is 1.60. The molecule has 1 aliphatic rings. The largest absolute Gasteiger partial charge is 0.495 e. The summed E-state index contributed by atoms with van der Waals surface area (Å²) in [6, 6.07) is 7.47. The van der Waals surface area contributed by atoms with Gasteiger partial charge in [0.15, 0.2) is 0 Å². The van der Waals surface area contributed by atoms with E-state index in [9.17, 15) is 4.79 Å². The molecule has 0 heterocycles. The Hall–Kier alpha value is -2.30. The number of carbonyl (C=O) groups excluding carboxylic acids is 1. The standard InChI is InChI=1S/C15H19N3O2/c1-11-7-8-12(9-11)17-18-15(19)10-16-13-5-3-4-6-14(13)20-2/h3-6,9,16H,7-8,10H2,1-2H3,(H,18,19)/b17-12-. The van der Waals surface area contributed by atoms with Crippen molar-refractivity contribution in [1.29, 1.82) is 0 Å². The van der Waals surface area contributed by atoms with Crippen molar-refractivity contribution in [3.8, 4) is 5.75 Å². The van der Waals surface area contributed by atoms with Crippen LogP contribution in [0, 0.1) is 0 Å². The minimum absolute atomic E-state index is 0.153. The fourth-order valence-electron chi connectivity index (χ4n) is 1.98. The lowest BCUT2D eigenvalue weighted by molar-refractivity contribution is -0.119. The first-order valence-corrected chi connectivity index (χ1v) is 6.58. The number of methoxy groups -OCH3 is 1. The molecule has 106 valence electrons. The van der Waals surface area contributed by atoms with E-state index in [0.29, 0.717) is 5.75 Å². The lowest BCUT2D eigenvalue weighted by Gasteiger charge is -2.09. The molecule has 0 radical (unpaired) electrons. The van der Waals surface area contributed by atoms with Crippen LogP contribution in [-0.4, -0.2) is 25.3 Å². The molecule has 5 nitrogen and oxygen atoms in total. The topological polar surface area (TPSA) is 62.7 Å². The highest BCUT2D eigenvalue weighted by Crippen LogP contribution is 2.22. The van der Waals surface area contributed by atoms with Crippen molar-refractivity contribution in [1.82, 2.24) is 5.43 Å². The smallest absolute Gasteiger partial charge is 0.259 e. The number of rotatable bonds is 5. The van der Waals surface area contributed by atoms with Crippen LogP contribution in [0.4, 0.5) is 5.69 Å². The van der Waals surface area contributed by atoms with Crippen molar-refractivity contribution in [2.75, 3.05) is 19.0 Å². The Kier molecular flexibility index (Phi) is 4.76. The summed E-state index contributed by atoms with van der Waals surface area (Å²) in [5, 5.41) is 7.12. The number of nitrogens with zero attached hydrogens (tertiary/aromatic N) is 1. The summed E-state index contributed by atoms with van der Waals surface area (Å²) in [6.45, 7) is 2.22. The number of para-hydroxylation sites is 2. The molecule has 2 N–H and O–H groups in total. The normalized spacial score (nSPS) is 15.9. The lowest BCUT2D eigenvalue weighted by Crippen LogP contribution is -2.26. The minimum Gasteiger partial charge on any atom is -0.495 e. The fourth-order valence-corrected chi connectivity index (χ4v) is 1.98. The maximum absolute atomic E-state index is 11.7. The maximum Gasteiger partial charge on any atom is 0.259 e. The monoisotopic (exact) mass is 273 g/mol. The van der Waals surface area contributed by atoms with E-state index >= 15 is 0 Å². The summed E-state index contributed by atoms with van der Waals surface area (Å²) in [5.41, 5.74) is 5.56. The second-order valence-corrected chi connectivity index (χ2v) is 4.68. The molecular weight excluding hydrogens is 254 g/mol. The number of benzene rings is 1. The zero-order chi connectivity index (χ0) is 14.4. The molecule has 5 heteroatoms. The summed E-state index contributed by atoms with van der Waals surface area (Å²) in [6.07, 6.45) is 3.92. The van der Waals surface area contributed by atoms with Gasteiger partial charge in [0.25, 0.3) is 5.91 Å². The molecular formula is C15H19N3O2. The summed E-state index contributed by atoms with van der Waals surface area (Å²) >= 11 is 0. The van der Waals surface area contributed by atoms with Gasteiger partial charge in [-0.05, 0) is 38.0 Å². The van der Waals surface area contributed by atoms with Crippen LogP contribution in [0.2, 0.25) is 0 Å². The van der Waals surface area contributed by atoms with Gasteiger partial charge >= 0.3 is 0 Å². The van der Waals surface area contributed by atoms with Crippen LogP contribution in [0.25, 0.3) is 0 Å². The predicted molar refractivity (Wildman–Crippen MR) is 80.1 cm³/mol. The predicted octanol–water partition coefficient (Wildman–Crippen LogP) is 2.32. The molecule has 1 aromatic rings. The number of allylic oxidation sites excluding steroid dienone is 2. The second kappa shape index (κ2) is 6.75. The third kappa shape index (κ3) is 3.85. The number of hydrogen-bond donors (Lipinski definition) is 2. The van der Waals surface area contributed by atoms with Crippen LogP contribution in [0.3, 0.4) is 0 Å². The van der Waals surface area contributed by atoms with Crippen molar-refractivity contribution in [2.45, 2.75) is 19.8 Å². The molecule has 1 aromatic carbocycles. The molecule has 0 unspecified atom stereocenters. The van der Waals surface area contributed by atoms with Gasteiger partial charge in [-0.1, -0.05) is 17.7 Å². The Morgan fingerprint density at radius 2 is 2.15 bits per heavy atom. The molecule has 0 bridgehead atoms. The maximum atomic E-state index is 11.7. The van der Waals surface area contributed by atoms with Gasteiger partial charge in [0.1, 0.15) is 5.75 Å². The number of amides is 1. The van der Waals surface area contributed by atoms with E-state index in [0.717, 1.165) is 24.2 Å². The molecule has 0 aliphatic heterocycles. The highest BCUT2D eigenvalue weighted by molar-refractivity contribution is 5.98. The number of anilines is 1. The molecule has 0 spiro atoms. The van der Waals surface area contributed by atoms with Gasteiger partial charge in [0, 0.05) is 0 Å². The second-order valence-electron chi connectivity index (χ2n) is 4.68. The molecule has 20 heavy (non-hydrogen) atoms. The van der Waals surface area contributed by atoms with Crippen LogP contribution < -0.4 is 15.5 Å². The van der Waals surface area contributed by atoms with Crippen molar-refractivity contribution in [3.63, 3.8) is 0 Å². The van der Waals surface area contributed by atoms with Crippen molar-refractivity contribution in [2.24, 2.45) is 5.10 Å². The van der Waals surface area contributed by atoms with Crippen molar-refractivity contribution < 1.29 is 9.53 Å². The van der Waals surface area contributed by atoms with Gasteiger partial charge in [0.05, 0.1) is 25.1 Å². The summed E-state index contributed by atoms with van der Waals surface area (Å²) < 4.78 is 5.20. The highest BCUT2D eigenvalue weighted by Gasteiger charge is 2.08. The SMILES string of the molecule is COc1ccccc1NCC(=O)N/N=C1\C=C(C)CC1. The Bertz CT molecular complexity index is 550. The first-order valence-electron chi connectivity index (χ1n) is 6.58. The van der Waals surface area contributed by atoms with Crippen LogP contribution >= 0.6 is 0 Å². The number of carbonyl (C=O) groups is 1. The lowest BCUT2D eigenvalue weighted by atomic mass is 10.3. The molecule has 0 atom stereocenters. The van der Waals surface area contributed by atoms with E-state index in [2.05, 4.69) is 22.8 Å².